The van der Waals surface area contributed by atoms with E-state index >= 15 is 0 Å². The van der Waals surface area contributed by atoms with Gasteiger partial charge in [-0.05, 0) is 41.9 Å². The lowest BCUT2D eigenvalue weighted by atomic mass is 10.2. The number of rotatable bonds is 5. The van der Waals surface area contributed by atoms with Crippen LogP contribution in [-0.4, -0.2) is 23.2 Å². The summed E-state index contributed by atoms with van der Waals surface area (Å²) in [5, 5.41) is 3.11. The minimum atomic E-state index is 0.0949. The molecule has 1 N–H and O–H groups in total. The molecule has 0 saturated heterocycles. The zero-order chi connectivity index (χ0) is 14.5. The lowest BCUT2D eigenvalue weighted by Gasteiger charge is -2.14. The fourth-order valence-corrected chi connectivity index (χ4v) is 1.81. The Labute approximate surface area is 126 Å². The van der Waals surface area contributed by atoms with Gasteiger partial charge in [0.2, 0.25) is 5.95 Å². The maximum atomic E-state index is 5.67. The standard InChI is InChI=1S/C14H16BrN3O2/c1-9(2)20-12-5-4-11(6-13(12)19-3)18-14-16-7-10(15)8-17-14/h4-9H,1-3H3,(H,16,17,18). The largest absolute Gasteiger partial charge is 0.493 e. The van der Waals surface area contributed by atoms with E-state index in [-0.39, 0.29) is 6.10 Å². The highest BCUT2D eigenvalue weighted by Gasteiger charge is 2.08. The monoisotopic (exact) mass is 337 g/mol. The van der Waals surface area contributed by atoms with Crippen LogP contribution in [0.4, 0.5) is 11.6 Å². The zero-order valence-electron chi connectivity index (χ0n) is 11.6. The summed E-state index contributed by atoms with van der Waals surface area (Å²) in [6.45, 7) is 3.95. The van der Waals surface area contributed by atoms with E-state index in [1.807, 2.05) is 32.0 Å². The number of hydrogen-bond acceptors (Lipinski definition) is 5. The van der Waals surface area contributed by atoms with E-state index in [1.54, 1.807) is 19.5 Å². The van der Waals surface area contributed by atoms with Gasteiger partial charge in [0, 0.05) is 24.1 Å². The maximum absolute atomic E-state index is 5.67. The zero-order valence-corrected chi connectivity index (χ0v) is 13.1. The molecule has 0 aliphatic carbocycles. The van der Waals surface area contributed by atoms with Crippen molar-refractivity contribution >= 4 is 27.6 Å². The molecule has 1 aromatic heterocycles. The molecule has 2 rings (SSSR count). The second-order valence-electron chi connectivity index (χ2n) is 4.38. The third kappa shape index (κ3) is 3.84. The average molecular weight is 338 g/mol. The first kappa shape index (κ1) is 14.6. The fraction of sp³-hybridized carbons (Fsp3) is 0.286. The number of methoxy groups -OCH3 is 1. The minimum absolute atomic E-state index is 0.0949. The van der Waals surface area contributed by atoms with Gasteiger partial charge >= 0.3 is 0 Å². The fourth-order valence-electron chi connectivity index (χ4n) is 1.60. The number of halogens is 1. The van der Waals surface area contributed by atoms with Gasteiger partial charge in [-0.15, -0.1) is 0 Å². The molecule has 0 spiro atoms. The molecule has 2 aromatic rings. The van der Waals surface area contributed by atoms with Crippen molar-refractivity contribution in [1.82, 2.24) is 9.97 Å². The molecule has 0 saturated carbocycles. The molecule has 1 aromatic carbocycles. The van der Waals surface area contributed by atoms with Crippen molar-refractivity contribution in [3.63, 3.8) is 0 Å². The summed E-state index contributed by atoms with van der Waals surface area (Å²) in [4.78, 5) is 8.32. The highest BCUT2D eigenvalue weighted by atomic mass is 79.9. The third-order valence-corrected chi connectivity index (χ3v) is 2.81. The normalized spacial score (nSPS) is 10.4. The van der Waals surface area contributed by atoms with E-state index in [1.165, 1.54) is 0 Å². The molecule has 1 heterocycles. The van der Waals surface area contributed by atoms with E-state index in [0.717, 1.165) is 10.2 Å². The molecule has 0 amide bonds. The second-order valence-corrected chi connectivity index (χ2v) is 5.30. The van der Waals surface area contributed by atoms with Crippen LogP contribution in [0.15, 0.2) is 35.1 Å². The molecule has 0 fully saturated rings. The van der Waals surface area contributed by atoms with Gasteiger partial charge in [0.1, 0.15) is 0 Å². The first-order valence-electron chi connectivity index (χ1n) is 6.17. The van der Waals surface area contributed by atoms with Crippen LogP contribution in [-0.2, 0) is 0 Å². The highest BCUT2D eigenvalue weighted by molar-refractivity contribution is 9.10. The Morgan fingerprint density at radius 1 is 1.15 bits per heavy atom. The van der Waals surface area contributed by atoms with E-state index in [0.29, 0.717) is 17.4 Å². The van der Waals surface area contributed by atoms with Gasteiger partial charge < -0.3 is 14.8 Å². The van der Waals surface area contributed by atoms with Gasteiger partial charge in [0.25, 0.3) is 0 Å². The number of ether oxygens (including phenoxy) is 2. The molecule has 5 nitrogen and oxygen atoms in total. The Bertz CT molecular complexity index is 573. The van der Waals surface area contributed by atoms with Gasteiger partial charge in [0.15, 0.2) is 11.5 Å². The first-order valence-corrected chi connectivity index (χ1v) is 6.97. The van der Waals surface area contributed by atoms with E-state index in [9.17, 15) is 0 Å². The second kappa shape index (κ2) is 6.56. The summed E-state index contributed by atoms with van der Waals surface area (Å²) in [6.07, 6.45) is 3.46. The Morgan fingerprint density at radius 3 is 2.45 bits per heavy atom. The lowest BCUT2D eigenvalue weighted by molar-refractivity contribution is 0.230. The number of aromatic nitrogens is 2. The Kier molecular flexibility index (Phi) is 4.79. The van der Waals surface area contributed by atoms with Crippen molar-refractivity contribution in [3.05, 3.63) is 35.1 Å². The molecule has 0 aliphatic heterocycles. The van der Waals surface area contributed by atoms with Crippen LogP contribution >= 0.6 is 15.9 Å². The number of hydrogen-bond donors (Lipinski definition) is 1. The summed E-state index contributed by atoms with van der Waals surface area (Å²) >= 11 is 3.30. The summed E-state index contributed by atoms with van der Waals surface area (Å²) in [5.41, 5.74) is 0.834. The van der Waals surface area contributed by atoms with Crippen LogP contribution in [0.3, 0.4) is 0 Å². The molecule has 0 unspecified atom stereocenters. The van der Waals surface area contributed by atoms with Gasteiger partial charge in [-0.25, -0.2) is 9.97 Å². The molecule has 0 radical (unpaired) electrons. The molecule has 20 heavy (non-hydrogen) atoms. The van der Waals surface area contributed by atoms with E-state index in [4.69, 9.17) is 9.47 Å². The van der Waals surface area contributed by atoms with E-state index < -0.39 is 0 Å². The van der Waals surface area contributed by atoms with Crippen LogP contribution in [0.1, 0.15) is 13.8 Å². The molecule has 6 heteroatoms. The molecule has 0 aliphatic rings. The summed E-state index contributed by atoms with van der Waals surface area (Å²) < 4.78 is 11.8. The average Bonchev–Trinajstić information content (AvgIpc) is 2.42. The first-order chi connectivity index (χ1) is 9.58. The molecule has 0 atom stereocenters. The van der Waals surface area contributed by atoms with Crippen molar-refractivity contribution in [2.45, 2.75) is 20.0 Å². The lowest BCUT2D eigenvalue weighted by Crippen LogP contribution is -2.07. The van der Waals surface area contributed by atoms with Crippen LogP contribution < -0.4 is 14.8 Å². The predicted molar refractivity (Wildman–Crippen MR) is 81.8 cm³/mol. The quantitative estimate of drug-likeness (QED) is 0.899. The van der Waals surface area contributed by atoms with Crippen LogP contribution in [0.5, 0.6) is 11.5 Å². The summed E-state index contributed by atoms with van der Waals surface area (Å²) in [7, 11) is 1.61. The molecule has 106 valence electrons. The Balaban J connectivity index is 2.18. The topological polar surface area (TPSA) is 56.3 Å². The van der Waals surface area contributed by atoms with Crippen molar-refractivity contribution in [2.75, 3.05) is 12.4 Å². The van der Waals surface area contributed by atoms with Gasteiger partial charge in [0.05, 0.1) is 17.7 Å². The van der Waals surface area contributed by atoms with Gasteiger partial charge in [-0.2, -0.15) is 0 Å². The van der Waals surface area contributed by atoms with Gasteiger partial charge in [-0.1, -0.05) is 0 Å². The molecular weight excluding hydrogens is 322 g/mol. The number of nitrogens with one attached hydrogen (secondary N) is 1. The van der Waals surface area contributed by atoms with Crippen LogP contribution in [0.25, 0.3) is 0 Å². The van der Waals surface area contributed by atoms with Crippen LogP contribution in [0.2, 0.25) is 0 Å². The van der Waals surface area contributed by atoms with Crippen LogP contribution in [0, 0.1) is 0 Å². The number of benzene rings is 1. The summed E-state index contributed by atoms with van der Waals surface area (Å²) in [5.74, 6) is 1.90. The van der Waals surface area contributed by atoms with Crippen molar-refractivity contribution < 1.29 is 9.47 Å². The van der Waals surface area contributed by atoms with Crippen molar-refractivity contribution in [1.29, 1.82) is 0 Å². The molecular formula is C14H16BrN3O2. The maximum Gasteiger partial charge on any atom is 0.227 e. The number of nitrogens with zero attached hydrogens (tertiary/aromatic N) is 2. The predicted octanol–water partition coefficient (Wildman–Crippen LogP) is 3.78. The summed E-state index contributed by atoms with van der Waals surface area (Å²) in [6, 6.07) is 5.61. The smallest absolute Gasteiger partial charge is 0.227 e. The third-order valence-electron chi connectivity index (χ3n) is 2.40. The minimum Gasteiger partial charge on any atom is -0.493 e. The number of anilines is 2. The Morgan fingerprint density at radius 2 is 1.85 bits per heavy atom. The van der Waals surface area contributed by atoms with Crippen molar-refractivity contribution in [3.8, 4) is 11.5 Å². The Hall–Kier alpha value is -1.82. The highest BCUT2D eigenvalue weighted by Crippen LogP contribution is 2.31. The molecule has 0 bridgehead atoms. The van der Waals surface area contributed by atoms with E-state index in [2.05, 4.69) is 31.2 Å². The van der Waals surface area contributed by atoms with Crippen molar-refractivity contribution in [2.24, 2.45) is 0 Å². The van der Waals surface area contributed by atoms with Gasteiger partial charge in [-0.3, -0.25) is 0 Å². The SMILES string of the molecule is COc1cc(Nc2ncc(Br)cn2)ccc1OC(C)C.